The highest BCUT2D eigenvalue weighted by Crippen LogP contribution is 2.31. The molecule has 0 amide bonds. The first-order valence-electron chi connectivity index (χ1n) is 5.70. The second kappa shape index (κ2) is 4.13. The Kier molecular flexibility index (Phi) is 2.63. The lowest BCUT2D eigenvalue weighted by Gasteiger charge is -2.22. The van der Waals surface area contributed by atoms with Crippen molar-refractivity contribution in [1.29, 1.82) is 0 Å². The predicted molar refractivity (Wildman–Crippen MR) is 65.1 cm³/mol. The first-order valence-corrected chi connectivity index (χ1v) is 6.49. The Morgan fingerprint density at radius 3 is 2.88 bits per heavy atom. The summed E-state index contributed by atoms with van der Waals surface area (Å²) in [7, 11) is 0. The van der Waals surface area contributed by atoms with Gasteiger partial charge in [0.1, 0.15) is 10.9 Å². The number of nitrogens with zero attached hydrogens (tertiary/aromatic N) is 4. The van der Waals surface area contributed by atoms with Gasteiger partial charge in [0.25, 0.3) is 0 Å². The summed E-state index contributed by atoms with van der Waals surface area (Å²) in [5.41, 5.74) is 0.953. The quantitative estimate of drug-likeness (QED) is 0.806. The molecule has 2 aromatic rings. The largest absolute Gasteiger partial charge is 0.244 e. The minimum atomic E-state index is 0.512. The van der Waals surface area contributed by atoms with Crippen LogP contribution >= 0.6 is 15.9 Å². The van der Waals surface area contributed by atoms with Gasteiger partial charge in [-0.2, -0.15) is 5.10 Å². The molecule has 4 nitrogen and oxygen atoms in total. The third-order valence-corrected chi connectivity index (χ3v) is 3.83. The van der Waals surface area contributed by atoms with E-state index in [1.54, 1.807) is 6.33 Å². The molecular formula is C11H13BrN4. The van der Waals surface area contributed by atoms with Gasteiger partial charge in [-0.05, 0) is 28.8 Å². The zero-order valence-electron chi connectivity index (χ0n) is 8.93. The van der Waals surface area contributed by atoms with Crippen molar-refractivity contribution in [3.05, 3.63) is 17.1 Å². The lowest BCUT2D eigenvalue weighted by atomic mass is 9.96. The molecular weight excluding hydrogens is 268 g/mol. The molecule has 1 saturated carbocycles. The van der Waals surface area contributed by atoms with E-state index in [9.17, 15) is 0 Å². The Bertz CT molecular complexity index is 502. The van der Waals surface area contributed by atoms with Gasteiger partial charge in [0, 0.05) is 6.20 Å². The van der Waals surface area contributed by atoms with Crippen molar-refractivity contribution in [3.63, 3.8) is 0 Å². The SMILES string of the molecule is Brc1nn(C2CCCCC2)c2ncncc12. The van der Waals surface area contributed by atoms with E-state index in [-0.39, 0.29) is 0 Å². The van der Waals surface area contributed by atoms with Crippen molar-refractivity contribution >= 4 is 27.0 Å². The molecule has 2 aromatic heterocycles. The van der Waals surface area contributed by atoms with Crippen LogP contribution in [-0.4, -0.2) is 19.7 Å². The molecule has 0 unspecified atom stereocenters. The minimum absolute atomic E-state index is 0.512. The van der Waals surface area contributed by atoms with E-state index in [0.29, 0.717) is 6.04 Å². The molecule has 0 saturated heterocycles. The molecule has 0 aliphatic heterocycles. The Morgan fingerprint density at radius 2 is 2.06 bits per heavy atom. The Hall–Kier alpha value is -0.970. The van der Waals surface area contributed by atoms with Gasteiger partial charge >= 0.3 is 0 Å². The summed E-state index contributed by atoms with van der Waals surface area (Å²) in [6.07, 6.45) is 9.80. The van der Waals surface area contributed by atoms with Crippen LogP contribution in [-0.2, 0) is 0 Å². The molecule has 1 aliphatic rings. The number of hydrogen-bond acceptors (Lipinski definition) is 3. The average molecular weight is 281 g/mol. The van der Waals surface area contributed by atoms with Crippen molar-refractivity contribution < 1.29 is 0 Å². The van der Waals surface area contributed by atoms with Crippen LogP contribution in [0.5, 0.6) is 0 Å². The van der Waals surface area contributed by atoms with Crippen LogP contribution < -0.4 is 0 Å². The number of fused-ring (bicyclic) bond motifs is 1. The van der Waals surface area contributed by atoms with E-state index in [1.807, 2.05) is 6.20 Å². The molecule has 3 rings (SSSR count). The van der Waals surface area contributed by atoms with Crippen LogP contribution in [0.1, 0.15) is 38.1 Å². The van der Waals surface area contributed by atoms with E-state index in [2.05, 4.69) is 35.7 Å². The lowest BCUT2D eigenvalue weighted by Crippen LogP contribution is -2.14. The van der Waals surface area contributed by atoms with Crippen LogP contribution in [0.3, 0.4) is 0 Å². The zero-order chi connectivity index (χ0) is 11.0. The monoisotopic (exact) mass is 280 g/mol. The molecule has 5 heteroatoms. The van der Waals surface area contributed by atoms with Crippen molar-refractivity contribution in [1.82, 2.24) is 19.7 Å². The highest BCUT2D eigenvalue weighted by atomic mass is 79.9. The summed E-state index contributed by atoms with van der Waals surface area (Å²) in [5.74, 6) is 0. The van der Waals surface area contributed by atoms with Crippen molar-refractivity contribution in [3.8, 4) is 0 Å². The molecule has 0 bridgehead atoms. The summed E-state index contributed by atoms with van der Waals surface area (Å²) < 4.78 is 2.92. The summed E-state index contributed by atoms with van der Waals surface area (Å²) >= 11 is 3.47. The van der Waals surface area contributed by atoms with Crippen molar-refractivity contribution in [2.45, 2.75) is 38.1 Å². The van der Waals surface area contributed by atoms with Gasteiger partial charge in [-0.3, -0.25) is 0 Å². The van der Waals surface area contributed by atoms with Gasteiger partial charge < -0.3 is 0 Å². The third-order valence-electron chi connectivity index (χ3n) is 3.25. The van der Waals surface area contributed by atoms with Crippen molar-refractivity contribution in [2.24, 2.45) is 0 Å². The van der Waals surface area contributed by atoms with Crippen LogP contribution in [0.2, 0.25) is 0 Å². The maximum atomic E-state index is 4.54. The van der Waals surface area contributed by atoms with E-state index in [0.717, 1.165) is 15.6 Å². The standard InChI is InChI=1S/C11H13BrN4/c12-10-9-6-13-7-14-11(9)16(15-10)8-4-2-1-3-5-8/h6-8H,1-5H2. The van der Waals surface area contributed by atoms with Crippen LogP contribution in [0.25, 0.3) is 11.0 Å². The van der Waals surface area contributed by atoms with E-state index in [4.69, 9.17) is 0 Å². The summed E-state index contributed by atoms with van der Waals surface area (Å²) in [6.45, 7) is 0. The Morgan fingerprint density at radius 1 is 1.25 bits per heavy atom. The second-order valence-electron chi connectivity index (χ2n) is 4.29. The number of halogens is 1. The summed E-state index contributed by atoms with van der Waals surface area (Å²) in [5, 5.41) is 5.55. The Balaban J connectivity index is 2.08. The maximum Gasteiger partial charge on any atom is 0.162 e. The zero-order valence-corrected chi connectivity index (χ0v) is 10.5. The lowest BCUT2D eigenvalue weighted by molar-refractivity contribution is 0.335. The topological polar surface area (TPSA) is 43.6 Å². The number of hydrogen-bond donors (Lipinski definition) is 0. The fourth-order valence-electron chi connectivity index (χ4n) is 2.43. The predicted octanol–water partition coefficient (Wildman–Crippen LogP) is 3.09. The van der Waals surface area contributed by atoms with Gasteiger partial charge in [0.15, 0.2) is 5.65 Å². The second-order valence-corrected chi connectivity index (χ2v) is 5.04. The maximum absolute atomic E-state index is 4.54. The molecule has 1 aliphatic carbocycles. The fraction of sp³-hybridized carbons (Fsp3) is 0.545. The molecule has 0 N–H and O–H groups in total. The Labute approximate surface area is 102 Å². The normalized spacial score (nSPS) is 18.1. The summed E-state index contributed by atoms with van der Waals surface area (Å²) in [6, 6.07) is 0.512. The molecule has 0 aromatic carbocycles. The average Bonchev–Trinajstić information content (AvgIpc) is 2.69. The van der Waals surface area contributed by atoms with E-state index in [1.165, 1.54) is 32.1 Å². The van der Waals surface area contributed by atoms with Gasteiger partial charge in [-0.15, -0.1) is 0 Å². The van der Waals surface area contributed by atoms with Crippen LogP contribution in [0.15, 0.2) is 17.1 Å². The molecule has 1 fully saturated rings. The van der Waals surface area contributed by atoms with Gasteiger partial charge in [0.2, 0.25) is 0 Å². The van der Waals surface area contributed by atoms with Gasteiger partial charge in [-0.1, -0.05) is 19.3 Å². The van der Waals surface area contributed by atoms with Crippen molar-refractivity contribution in [2.75, 3.05) is 0 Å². The summed E-state index contributed by atoms with van der Waals surface area (Å²) in [4.78, 5) is 8.37. The minimum Gasteiger partial charge on any atom is -0.244 e. The number of rotatable bonds is 1. The smallest absolute Gasteiger partial charge is 0.162 e. The molecule has 16 heavy (non-hydrogen) atoms. The molecule has 2 heterocycles. The van der Waals surface area contributed by atoms with Crippen LogP contribution in [0.4, 0.5) is 0 Å². The first-order chi connectivity index (χ1) is 7.86. The van der Waals surface area contributed by atoms with E-state index >= 15 is 0 Å². The molecule has 84 valence electrons. The number of aromatic nitrogens is 4. The highest BCUT2D eigenvalue weighted by molar-refractivity contribution is 9.10. The highest BCUT2D eigenvalue weighted by Gasteiger charge is 2.20. The van der Waals surface area contributed by atoms with Gasteiger partial charge in [-0.25, -0.2) is 14.6 Å². The molecule has 0 radical (unpaired) electrons. The first kappa shape index (κ1) is 10.2. The van der Waals surface area contributed by atoms with Crippen LogP contribution in [0, 0.1) is 0 Å². The third kappa shape index (κ3) is 1.63. The van der Waals surface area contributed by atoms with E-state index < -0.39 is 0 Å². The van der Waals surface area contributed by atoms with Gasteiger partial charge in [0.05, 0.1) is 11.4 Å². The molecule has 0 atom stereocenters. The fourth-order valence-corrected chi connectivity index (χ4v) is 2.88. The molecule has 0 spiro atoms.